The zero-order valence-electron chi connectivity index (χ0n) is 7.82. The minimum atomic E-state index is -0.445. The molecule has 13 heavy (non-hydrogen) atoms. The van der Waals surface area contributed by atoms with Crippen molar-refractivity contribution in [3.05, 3.63) is 12.7 Å². The van der Waals surface area contributed by atoms with Gasteiger partial charge in [0.2, 0.25) is 0 Å². The number of ether oxygens (including phenoxy) is 1. The molecule has 0 aromatic rings. The van der Waals surface area contributed by atoms with Crippen LogP contribution < -0.4 is 0 Å². The van der Waals surface area contributed by atoms with Crippen molar-refractivity contribution in [2.75, 3.05) is 27.2 Å². The molecule has 5 heteroatoms. The van der Waals surface area contributed by atoms with Gasteiger partial charge in [0.1, 0.15) is 0 Å². The van der Waals surface area contributed by atoms with E-state index in [4.69, 9.17) is 4.74 Å². The molecule has 0 atom stereocenters. The van der Waals surface area contributed by atoms with Crippen molar-refractivity contribution in [2.24, 2.45) is 0 Å². The second-order valence-electron chi connectivity index (χ2n) is 2.97. The molecule has 0 aliphatic rings. The Morgan fingerprint density at radius 3 is 2.77 bits per heavy atom. The number of quaternary nitrogens is 1. The molecule has 0 rings (SSSR count). The number of hydrogen-bond donors (Lipinski definition) is 0. The molecule has 0 spiro atoms. The molecule has 0 amide bonds. The summed E-state index contributed by atoms with van der Waals surface area (Å²) >= 11 is 0. The van der Waals surface area contributed by atoms with E-state index in [2.05, 4.69) is 12.3 Å². The van der Waals surface area contributed by atoms with Crippen LogP contribution in [0.2, 0.25) is 0 Å². The van der Waals surface area contributed by atoms with Gasteiger partial charge in [-0.3, -0.25) is 0 Å². The van der Waals surface area contributed by atoms with E-state index >= 15 is 0 Å². The van der Waals surface area contributed by atoms with Crippen LogP contribution in [0, 0.1) is 5.75 Å². The molecule has 0 aliphatic heterocycles. The van der Waals surface area contributed by atoms with Crippen LogP contribution in [-0.4, -0.2) is 37.7 Å². The van der Waals surface area contributed by atoms with Crippen LogP contribution in [0.1, 0.15) is 0 Å². The molecule has 72 valence electrons. The maximum atomic E-state index is 10.6. The predicted molar refractivity (Wildman–Crippen MR) is 49.6 cm³/mol. The Morgan fingerprint density at radius 1 is 1.69 bits per heavy atom. The molecule has 0 aliphatic carbocycles. The van der Waals surface area contributed by atoms with Crippen LogP contribution in [0.5, 0.6) is 0 Å². The zero-order valence-corrected chi connectivity index (χ0v) is 8.71. The van der Waals surface area contributed by atoms with E-state index in [0.717, 1.165) is 6.08 Å². The topological polar surface area (TPSA) is 43.4 Å². The molecule has 4 nitrogen and oxygen atoms in total. The molecule has 0 unspecified atom stereocenters. The van der Waals surface area contributed by atoms with Gasteiger partial charge in [0.15, 0.2) is 0 Å². The molecule has 0 bridgehead atoms. The Morgan fingerprint density at radius 2 is 2.31 bits per heavy atom. The Hall–Kier alpha value is -0.820. The van der Waals surface area contributed by atoms with Gasteiger partial charge in [0, 0.05) is 0 Å². The van der Waals surface area contributed by atoms with Crippen molar-refractivity contribution in [3.8, 4) is 5.75 Å². The van der Waals surface area contributed by atoms with E-state index in [1.807, 2.05) is 14.1 Å². The van der Waals surface area contributed by atoms with Crippen LogP contribution in [0.3, 0.4) is 0 Å². The fourth-order valence-corrected chi connectivity index (χ4v) is 0.915. The van der Waals surface area contributed by atoms with Gasteiger partial charge in [-0.25, -0.2) is 0 Å². The third-order valence-electron chi connectivity index (χ3n) is 1.37. The monoisotopic (exact) mass is 202 g/mol. The average Bonchev–Trinajstić information content (AvgIpc) is 2.03. The quantitative estimate of drug-likeness (QED) is 0.295. The van der Waals surface area contributed by atoms with Gasteiger partial charge in [-0.2, -0.15) is 0 Å². The van der Waals surface area contributed by atoms with E-state index in [9.17, 15) is 9.36 Å². The number of likely N-dealkylation sites (N-methyl/N-ethyl adjacent to an activating group) is 1. The third kappa shape index (κ3) is 6.35. The van der Waals surface area contributed by atoms with E-state index in [1.54, 1.807) is 0 Å². The molecular weight excluding hydrogens is 189 g/mol. The Bertz CT molecular complexity index is 291. The molecule has 0 fully saturated rings. The number of nitrogens with zero attached hydrogens (tertiary/aromatic N) is 1. The van der Waals surface area contributed by atoms with Crippen molar-refractivity contribution < 1.29 is 18.6 Å². The second kappa shape index (κ2) is 5.76. The number of carbonyl (C=O) groups is 1. The summed E-state index contributed by atoms with van der Waals surface area (Å²) in [5.74, 6) is 2.21. The first-order chi connectivity index (χ1) is 6.02. The molecular formula is C8H13NO3P+. The molecule has 0 saturated heterocycles. The SMILES string of the molecule is C=CC(=O)OCC[N+](C)(C)C#P=O. The fraction of sp³-hybridized carbons (Fsp3) is 0.500. The van der Waals surface area contributed by atoms with E-state index in [1.165, 1.54) is 0 Å². The normalized spacial score (nSPS) is 10.0. The summed E-state index contributed by atoms with van der Waals surface area (Å²) < 4.78 is 15.3. The summed E-state index contributed by atoms with van der Waals surface area (Å²) in [6.07, 6.45) is 1.11. The van der Waals surface area contributed by atoms with Gasteiger partial charge >= 0.3 is 78.1 Å². The fourth-order valence-electron chi connectivity index (χ4n) is 0.594. The first kappa shape index (κ1) is 12.2. The molecule has 0 saturated carbocycles. The maximum absolute atomic E-state index is 10.6. The average molecular weight is 202 g/mol. The summed E-state index contributed by atoms with van der Waals surface area (Å²) in [6.45, 7) is 4.07. The summed E-state index contributed by atoms with van der Waals surface area (Å²) in [4.78, 5) is 10.6. The van der Waals surface area contributed by atoms with Crippen molar-refractivity contribution in [3.63, 3.8) is 0 Å². The number of hydrogen-bond acceptors (Lipinski definition) is 3. The van der Waals surface area contributed by atoms with Crippen molar-refractivity contribution in [1.29, 1.82) is 0 Å². The van der Waals surface area contributed by atoms with Crippen LogP contribution in [-0.2, 0) is 14.1 Å². The third-order valence-corrected chi connectivity index (χ3v) is 2.00. The van der Waals surface area contributed by atoms with E-state index in [-0.39, 0.29) is 14.5 Å². The predicted octanol–water partition coefficient (Wildman–Crippen LogP) is 1.00. The van der Waals surface area contributed by atoms with Gasteiger partial charge in [-0.15, -0.1) is 0 Å². The standard InChI is InChI=1S/C8H13NO3P/c1-4-8(10)12-6-5-9(2,3)7-13-11/h4H,1,5-6H2,2-3H3/q+1. The summed E-state index contributed by atoms with van der Waals surface area (Å²) in [7, 11) is 3.48. The summed E-state index contributed by atoms with van der Waals surface area (Å²) in [6, 6.07) is 0. The van der Waals surface area contributed by atoms with Crippen LogP contribution in [0.15, 0.2) is 12.7 Å². The van der Waals surface area contributed by atoms with Crippen LogP contribution >= 0.6 is 7.92 Å². The first-order valence-electron chi connectivity index (χ1n) is 3.73. The molecule has 0 radical (unpaired) electrons. The van der Waals surface area contributed by atoms with Crippen molar-refractivity contribution >= 4 is 13.9 Å². The van der Waals surface area contributed by atoms with Crippen LogP contribution in [0.25, 0.3) is 0 Å². The Labute approximate surface area is 78.9 Å². The number of carbonyl (C=O) groups excluding carboxylic acids is 1. The number of esters is 1. The molecule has 0 aromatic heterocycles. The van der Waals surface area contributed by atoms with Gasteiger partial charge in [0.25, 0.3) is 0 Å². The Balaban J connectivity index is 3.86. The first-order valence-corrected chi connectivity index (χ1v) is 4.55. The summed E-state index contributed by atoms with van der Waals surface area (Å²) in [5.41, 5.74) is 0. The van der Waals surface area contributed by atoms with Crippen LogP contribution in [0.4, 0.5) is 0 Å². The molecule has 0 heterocycles. The van der Waals surface area contributed by atoms with Crippen molar-refractivity contribution in [1.82, 2.24) is 0 Å². The van der Waals surface area contributed by atoms with E-state index < -0.39 is 5.97 Å². The molecule has 0 aromatic carbocycles. The second-order valence-corrected chi connectivity index (χ2v) is 3.35. The van der Waals surface area contributed by atoms with Gasteiger partial charge in [-0.05, 0) is 0 Å². The number of rotatable bonds is 4. The van der Waals surface area contributed by atoms with Gasteiger partial charge < -0.3 is 0 Å². The van der Waals surface area contributed by atoms with Gasteiger partial charge in [0.05, 0.1) is 0 Å². The Kier molecular flexibility index (Phi) is 5.40. The van der Waals surface area contributed by atoms with Gasteiger partial charge in [-0.1, -0.05) is 0 Å². The molecule has 0 N–H and O–H groups in total. The minimum absolute atomic E-state index is 0.144. The zero-order chi connectivity index (χ0) is 10.3. The van der Waals surface area contributed by atoms with E-state index in [0.29, 0.717) is 11.0 Å². The summed E-state index contributed by atoms with van der Waals surface area (Å²) in [5, 5.41) is 0. The van der Waals surface area contributed by atoms with Crippen molar-refractivity contribution in [2.45, 2.75) is 0 Å².